The first-order valence-corrected chi connectivity index (χ1v) is 11.0. The van der Waals surface area contributed by atoms with Crippen LogP contribution in [0.1, 0.15) is 69.2 Å². The normalized spacial score (nSPS) is 20.0. The van der Waals surface area contributed by atoms with Crippen molar-refractivity contribution >= 4 is 5.91 Å². The highest BCUT2D eigenvalue weighted by molar-refractivity contribution is 5.94. The Kier molecular flexibility index (Phi) is 7.55. The quantitative estimate of drug-likeness (QED) is 0.627. The Morgan fingerprint density at radius 1 is 1.11 bits per heavy atom. The maximum absolute atomic E-state index is 12.6. The van der Waals surface area contributed by atoms with Gasteiger partial charge in [-0.1, -0.05) is 5.57 Å². The van der Waals surface area contributed by atoms with E-state index in [1.54, 1.807) is 0 Å². The number of carbonyl (C=O) groups excluding carboxylic acids is 1. The van der Waals surface area contributed by atoms with Gasteiger partial charge in [0.1, 0.15) is 11.9 Å². The average Bonchev–Trinajstić information content (AvgIpc) is 2.73. The summed E-state index contributed by atoms with van der Waals surface area (Å²) in [5.74, 6) is 1.03. The van der Waals surface area contributed by atoms with Gasteiger partial charge in [-0.3, -0.25) is 4.79 Å². The maximum atomic E-state index is 12.6. The number of amides is 1. The summed E-state index contributed by atoms with van der Waals surface area (Å²) in [5, 5.41) is 0. The summed E-state index contributed by atoms with van der Waals surface area (Å²) in [6, 6.07) is 8.36. The van der Waals surface area contributed by atoms with E-state index >= 15 is 0 Å². The van der Waals surface area contributed by atoms with Crippen LogP contribution in [-0.2, 0) is 0 Å². The first kappa shape index (κ1) is 20.9. The second-order valence-corrected chi connectivity index (χ2v) is 8.58. The molecular formula is C24H36N2O2. The van der Waals surface area contributed by atoms with E-state index in [4.69, 9.17) is 4.74 Å². The minimum atomic E-state index is 0.156. The topological polar surface area (TPSA) is 32.8 Å². The second-order valence-electron chi connectivity index (χ2n) is 8.58. The van der Waals surface area contributed by atoms with Gasteiger partial charge in [0.2, 0.25) is 0 Å². The molecule has 1 aromatic carbocycles. The molecule has 3 rings (SSSR count). The van der Waals surface area contributed by atoms with E-state index in [2.05, 4.69) is 25.3 Å². The van der Waals surface area contributed by atoms with Gasteiger partial charge in [0.05, 0.1) is 0 Å². The smallest absolute Gasteiger partial charge is 0.253 e. The molecule has 0 spiro atoms. The van der Waals surface area contributed by atoms with Gasteiger partial charge in [-0.15, -0.1) is 6.58 Å². The summed E-state index contributed by atoms with van der Waals surface area (Å²) in [6.07, 6.45) is 8.18. The van der Waals surface area contributed by atoms with Gasteiger partial charge in [-0.2, -0.15) is 0 Å². The van der Waals surface area contributed by atoms with Crippen molar-refractivity contribution in [3.63, 3.8) is 0 Å². The Balaban J connectivity index is 1.45. The Hall–Kier alpha value is -1.81. The van der Waals surface area contributed by atoms with Crippen molar-refractivity contribution in [3.05, 3.63) is 42.0 Å². The molecule has 2 heterocycles. The number of allylic oxidation sites excluding steroid dienone is 1. The third-order valence-electron chi connectivity index (χ3n) is 6.14. The zero-order valence-electron chi connectivity index (χ0n) is 17.7. The number of ether oxygens (including phenoxy) is 1. The Morgan fingerprint density at radius 2 is 1.75 bits per heavy atom. The molecule has 2 aliphatic heterocycles. The molecule has 0 saturated carbocycles. The highest BCUT2D eigenvalue weighted by atomic mass is 16.5. The van der Waals surface area contributed by atoms with Crippen molar-refractivity contribution in [2.75, 3.05) is 26.2 Å². The molecule has 1 atom stereocenters. The van der Waals surface area contributed by atoms with Crippen molar-refractivity contribution in [2.24, 2.45) is 0 Å². The van der Waals surface area contributed by atoms with Gasteiger partial charge in [0.15, 0.2) is 0 Å². The van der Waals surface area contributed by atoms with Gasteiger partial charge < -0.3 is 14.5 Å². The zero-order valence-corrected chi connectivity index (χ0v) is 17.7. The number of hydrogen-bond acceptors (Lipinski definition) is 3. The lowest BCUT2D eigenvalue weighted by atomic mass is 10.0. The first-order valence-electron chi connectivity index (χ1n) is 11.0. The fraction of sp³-hybridized carbons (Fsp3) is 0.625. The van der Waals surface area contributed by atoms with Crippen LogP contribution >= 0.6 is 0 Å². The lowest BCUT2D eigenvalue weighted by Crippen LogP contribution is -2.43. The largest absolute Gasteiger partial charge is 0.490 e. The van der Waals surface area contributed by atoms with E-state index in [1.165, 1.54) is 18.4 Å². The predicted octanol–water partition coefficient (Wildman–Crippen LogP) is 4.90. The molecule has 1 unspecified atom stereocenters. The third-order valence-corrected chi connectivity index (χ3v) is 6.14. The van der Waals surface area contributed by atoms with Crippen molar-refractivity contribution < 1.29 is 9.53 Å². The van der Waals surface area contributed by atoms with Crippen LogP contribution in [0.15, 0.2) is 36.4 Å². The molecule has 0 N–H and O–H groups in total. The number of hydrogen-bond donors (Lipinski definition) is 0. The van der Waals surface area contributed by atoms with Crippen LogP contribution in [0.5, 0.6) is 5.75 Å². The summed E-state index contributed by atoms with van der Waals surface area (Å²) in [4.78, 5) is 17.1. The Labute approximate surface area is 170 Å². The summed E-state index contributed by atoms with van der Waals surface area (Å²) in [5.41, 5.74) is 2.04. The average molecular weight is 385 g/mol. The molecule has 154 valence electrons. The summed E-state index contributed by atoms with van der Waals surface area (Å²) in [6.45, 7) is 12.4. The van der Waals surface area contributed by atoms with Crippen LogP contribution in [0.4, 0.5) is 0 Å². The van der Waals surface area contributed by atoms with Crippen molar-refractivity contribution in [1.29, 1.82) is 0 Å². The van der Waals surface area contributed by atoms with Crippen LogP contribution in [0, 0.1) is 0 Å². The standard InChI is InChI=1S/C24H36N2O2/c1-19(2)7-8-20(3)25-17-13-23(14-18-25)28-22-11-9-21(10-12-22)24(27)26-15-5-4-6-16-26/h9-12,20,23H,1,4-8,13-18H2,2-3H3. The molecule has 2 aliphatic rings. The number of rotatable bonds is 7. The van der Waals surface area contributed by atoms with E-state index < -0.39 is 0 Å². The summed E-state index contributed by atoms with van der Waals surface area (Å²) < 4.78 is 6.20. The molecule has 4 nitrogen and oxygen atoms in total. The molecule has 28 heavy (non-hydrogen) atoms. The third kappa shape index (κ3) is 5.84. The monoisotopic (exact) mass is 384 g/mol. The first-order chi connectivity index (χ1) is 13.5. The second kappa shape index (κ2) is 10.1. The van der Waals surface area contributed by atoms with E-state index in [0.717, 1.165) is 69.6 Å². The van der Waals surface area contributed by atoms with Gasteiger partial charge in [0.25, 0.3) is 5.91 Å². The highest BCUT2D eigenvalue weighted by Gasteiger charge is 2.24. The van der Waals surface area contributed by atoms with E-state index in [9.17, 15) is 4.79 Å². The van der Waals surface area contributed by atoms with E-state index in [1.807, 2.05) is 29.2 Å². The number of carbonyl (C=O) groups is 1. The van der Waals surface area contributed by atoms with E-state index in [-0.39, 0.29) is 12.0 Å². The minimum Gasteiger partial charge on any atom is -0.490 e. The van der Waals surface area contributed by atoms with Crippen molar-refractivity contribution in [2.45, 2.75) is 70.9 Å². The molecule has 0 aliphatic carbocycles. The van der Waals surface area contributed by atoms with Crippen LogP contribution in [-0.4, -0.2) is 54.0 Å². The van der Waals surface area contributed by atoms with Crippen LogP contribution in [0.25, 0.3) is 0 Å². The van der Waals surface area contributed by atoms with Gasteiger partial charge >= 0.3 is 0 Å². The number of piperidine rings is 2. The molecule has 1 amide bonds. The minimum absolute atomic E-state index is 0.156. The molecule has 4 heteroatoms. The van der Waals surface area contributed by atoms with Crippen LogP contribution < -0.4 is 4.74 Å². The number of benzene rings is 1. The summed E-state index contributed by atoms with van der Waals surface area (Å²) in [7, 11) is 0. The van der Waals surface area contributed by atoms with Crippen LogP contribution in [0.3, 0.4) is 0 Å². The Bertz CT molecular complexity index is 641. The lowest BCUT2D eigenvalue weighted by molar-refractivity contribution is 0.0723. The molecule has 2 saturated heterocycles. The number of likely N-dealkylation sites (tertiary alicyclic amines) is 2. The SMILES string of the molecule is C=C(C)CCC(C)N1CCC(Oc2ccc(C(=O)N3CCCCC3)cc2)CC1. The molecule has 0 bridgehead atoms. The van der Waals surface area contributed by atoms with Crippen molar-refractivity contribution in [3.8, 4) is 5.75 Å². The van der Waals surface area contributed by atoms with Gasteiger partial charge in [-0.05, 0) is 83.1 Å². The fourth-order valence-corrected chi connectivity index (χ4v) is 4.22. The van der Waals surface area contributed by atoms with Gasteiger partial charge in [-0.25, -0.2) is 0 Å². The van der Waals surface area contributed by atoms with Gasteiger partial charge in [0, 0.05) is 37.8 Å². The van der Waals surface area contributed by atoms with Crippen molar-refractivity contribution in [1.82, 2.24) is 9.80 Å². The van der Waals surface area contributed by atoms with Crippen LogP contribution in [0.2, 0.25) is 0 Å². The lowest BCUT2D eigenvalue weighted by Gasteiger charge is -2.36. The molecule has 0 radical (unpaired) electrons. The molecule has 1 aromatic rings. The highest BCUT2D eigenvalue weighted by Crippen LogP contribution is 2.23. The Morgan fingerprint density at radius 3 is 2.36 bits per heavy atom. The fourth-order valence-electron chi connectivity index (χ4n) is 4.22. The van der Waals surface area contributed by atoms with E-state index in [0.29, 0.717) is 6.04 Å². The molecule has 2 fully saturated rings. The maximum Gasteiger partial charge on any atom is 0.253 e. The summed E-state index contributed by atoms with van der Waals surface area (Å²) >= 11 is 0. The molecule has 0 aromatic heterocycles. The zero-order chi connectivity index (χ0) is 19.9. The predicted molar refractivity (Wildman–Crippen MR) is 115 cm³/mol. The molecular weight excluding hydrogens is 348 g/mol. The number of nitrogens with zero attached hydrogens (tertiary/aromatic N) is 2.